The van der Waals surface area contributed by atoms with E-state index in [0.29, 0.717) is 0 Å². The van der Waals surface area contributed by atoms with Gasteiger partial charge in [-0.3, -0.25) is 9.59 Å². The average molecular weight is 372 g/mol. The van der Waals surface area contributed by atoms with E-state index in [1.165, 1.54) is 5.56 Å². The van der Waals surface area contributed by atoms with E-state index in [-0.39, 0.29) is 18.4 Å². The first-order valence-electron chi connectivity index (χ1n) is 9.43. The Morgan fingerprint density at radius 2 is 1.32 bits per heavy atom. The van der Waals surface area contributed by atoms with Crippen molar-refractivity contribution in [3.63, 3.8) is 0 Å². The summed E-state index contributed by atoms with van der Waals surface area (Å²) in [7, 11) is 0. The van der Waals surface area contributed by atoms with Gasteiger partial charge in [0, 0.05) is 5.69 Å². The average Bonchev–Trinajstić information content (AvgIpc) is 2.74. The van der Waals surface area contributed by atoms with Crippen molar-refractivity contribution in [2.45, 2.75) is 19.3 Å². The fourth-order valence-electron chi connectivity index (χ4n) is 3.08. The van der Waals surface area contributed by atoms with Crippen molar-refractivity contribution >= 4 is 17.5 Å². The normalized spacial score (nSPS) is 10.5. The van der Waals surface area contributed by atoms with Crippen LogP contribution in [0.2, 0.25) is 0 Å². The van der Waals surface area contributed by atoms with Crippen LogP contribution < -0.4 is 10.6 Å². The van der Waals surface area contributed by atoms with Crippen molar-refractivity contribution in [1.29, 1.82) is 0 Å². The standard InChI is InChI=1S/C24H24N2O2/c1-2-18-13-15-21(16-14-18)26-22(27)17-25-24(28)23(19-9-5-3-6-10-19)20-11-7-4-8-12-20/h3-16,23H,2,17H2,1H3,(H,25,28)(H,26,27). The summed E-state index contributed by atoms with van der Waals surface area (Å²) < 4.78 is 0. The molecular weight excluding hydrogens is 348 g/mol. The van der Waals surface area contributed by atoms with Crippen LogP contribution in [0.25, 0.3) is 0 Å². The molecule has 0 fully saturated rings. The monoisotopic (exact) mass is 372 g/mol. The molecule has 0 aromatic heterocycles. The predicted octanol–water partition coefficient (Wildman–Crippen LogP) is 4.14. The summed E-state index contributed by atoms with van der Waals surface area (Å²) in [6, 6.07) is 26.9. The van der Waals surface area contributed by atoms with Gasteiger partial charge in [0.15, 0.2) is 0 Å². The minimum atomic E-state index is -0.459. The molecule has 3 aromatic carbocycles. The molecule has 0 spiro atoms. The molecule has 4 heteroatoms. The molecule has 0 aliphatic heterocycles. The van der Waals surface area contributed by atoms with Crippen molar-refractivity contribution in [2.75, 3.05) is 11.9 Å². The summed E-state index contributed by atoms with van der Waals surface area (Å²) in [5.41, 5.74) is 3.71. The highest BCUT2D eigenvalue weighted by atomic mass is 16.2. The fourth-order valence-corrected chi connectivity index (χ4v) is 3.08. The molecular formula is C24H24N2O2. The summed E-state index contributed by atoms with van der Waals surface area (Å²) in [5, 5.41) is 5.58. The number of carbonyl (C=O) groups excluding carboxylic acids is 2. The van der Waals surface area contributed by atoms with Crippen LogP contribution in [0.4, 0.5) is 5.69 Å². The third kappa shape index (κ3) is 5.07. The minimum absolute atomic E-state index is 0.0788. The Kier molecular flexibility index (Phi) is 6.58. The van der Waals surface area contributed by atoms with E-state index in [2.05, 4.69) is 17.6 Å². The van der Waals surface area contributed by atoms with Crippen molar-refractivity contribution in [1.82, 2.24) is 5.32 Å². The second-order valence-electron chi connectivity index (χ2n) is 6.57. The lowest BCUT2D eigenvalue weighted by molar-refractivity contribution is -0.124. The molecule has 0 radical (unpaired) electrons. The third-order valence-corrected chi connectivity index (χ3v) is 4.60. The van der Waals surface area contributed by atoms with Gasteiger partial charge in [-0.2, -0.15) is 0 Å². The molecule has 0 saturated carbocycles. The Morgan fingerprint density at radius 1 is 0.786 bits per heavy atom. The molecule has 0 saturated heterocycles. The van der Waals surface area contributed by atoms with Gasteiger partial charge in [0.2, 0.25) is 11.8 Å². The number of aryl methyl sites for hydroxylation is 1. The second kappa shape index (κ2) is 9.51. The molecule has 0 heterocycles. The zero-order valence-corrected chi connectivity index (χ0v) is 15.9. The van der Waals surface area contributed by atoms with Crippen LogP contribution >= 0.6 is 0 Å². The quantitative estimate of drug-likeness (QED) is 0.655. The Hall–Kier alpha value is -3.40. The molecule has 2 amide bonds. The van der Waals surface area contributed by atoms with Gasteiger partial charge in [-0.05, 0) is 35.2 Å². The SMILES string of the molecule is CCc1ccc(NC(=O)CNC(=O)C(c2ccccc2)c2ccccc2)cc1. The van der Waals surface area contributed by atoms with Crippen molar-refractivity contribution in [3.8, 4) is 0 Å². The topological polar surface area (TPSA) is 58.2 Å². The van der Waals surface area contributed by atoms with Gasteiger partial charge in [-0.1, -0.05) is 79.7 Å². The largest absolute Gasteiger partial charge is 0.346 e. The number of nitrogens with one attached hydrogen (secondary N) is 2. The van der Waals surface area contributed by atoms with Crippen LogP contribution in [0.15, 0.2) is 84.9 Å². The second-order valence-corrected chi connectivity index (χ2v) is 6.57. The van der Waals surface area contributed by atoms with Crippen LogP contribution in [0.1, 0.15) is 29.5 Å². The molecule has 0 unspecified atom stereocenters. The first-order valence-corrected chi connectivity index (χ1v) is 9.43. The van der Waals surface area contributed by atoms with Gasteiger partial charge in [-0.15, -0.1) is 0 Å². The van der Waals surface area contributed by atoms with Crippen LogP contribution in [0.3, 0.4) is 0 Å². The number of hydrogen-bond acceptors (Lipinski definition) is 2. The predicted molar refractivity (Wildman–Crippen MR) is 112 cm³/mol. The molecule has 3 aromatic rings. The Bertz CT molecular complexity index is 867. The van der Waals surface area contributed by atoms with E-state index in [9.17, 15) is 9.59 Å². The number of anilines is 1. The van der Waals surface area contributed by atoms with Crippen LogP contribution in [0.5, 0.6) is 0 Å². The number of rotatable bonds is 7. The Balaban J connectivity index is 1.65. The van der Waals surface area contributed by atoms with E-state index < -0.39 is 5.92 Å². The smallest absolute Gasteiger partial charge is 0.243 e. The van der Waals surface area contributed by atoms with E-state index in [1.807, 2.05) is 84.9 Å². The van der Waals surface area contributed by atoms with Crippen LogP contribution in [0, 0.1) is 0 Å². The molecule has 3 rings (SSSR count). The van der Waals surface area contributed by atoms with Gasteiger partial charge < -0.3 is 10.6 Å². The zero-order valence-electron chi connectivity index (χ0n) is 15.9. The molecule has 0 aliphatic rings. The summed E-state index contributed by atoms with van der Waals surface area (Å²) in [4.78, 5) is 25.1. The van der Waals surface area contributed by atoms with E-state index in [0.717, 1.165) is 23.2 Å². The highest BCUT2D eigenvalue weighted by Crippen LogP contribution is 2.24. The van der Waals surface area contributed by atoms with Crippen molar-refractivity contribution < 1.29 is 9.59 Å². The summed E-state index contributed by atoms with van der Waals surface area (Å²) in [5.74, 6) is -0.912. The van der Waals surface area contributed by atoms with Gasteiger partial charge >= 0.3 is 0 Å². The molecule has 0 atom stereocenters. The first kappa shape index (κ1) is 19.4. The molecule has 0 bridgehead atoms. The molecule has 142 valence electrons. The number of carbonyl (C=O) groups is 2. The summed E-state index contributed by atoms with van der Waals surface area (Å²) >= 11 is 0. The highest BCUT2D eigenvalue weighted by molar-refractivity contribution is 5.96. The summed E-state index contributed by atoms with van der Waals surface area (Å²) in [6.07, 6.45) is 0.949. The number of amides is 2. The van der Waals surface area contributed by atoms with Crippen LogP contribution in [-0.2, 0) is 16.0 Å². The van der Waals surface area contributed by atoms with Gasteiger partial charge in [0.25, 0.3) is 0 Å². The first-order chi connectivity index (χ1) is 13.7. The fraction of sp³-hybridized carbons (Fsp3) is 0.167. The molecule has 4 nitrogen and oxygen atoms in total. The summed E-state index contributed by atoms with van der Waals surface area (Å²) in [6.45, 7) is 2.00. The lowest BCUT2D eigenvalue weighted by atomic mass is 9.90. The number of benzene rings is 3. The zero-order chi connectivity index (χ0) is 19.8. The van der Waals surface area contributed by atoms with E-state index in [4.69, 9.17) is 0 Å². The van der Waals surface area contributed by atoms with Crippen molar-refractivity contribution in [3.05, 3.63) is 102 Å². The Labute approximate surface area is 165 Å². The van der Waals surface area contributed by atoms with E-state index >= 15 is 0 Å². The number of hydrogen-bond donors (Lipinski definition) is 2. The Morgan fingerprint density at radius 3 is 1.82 bits per heavy atom. The maximum Gasteiger partial charge on any atom is 0.243 e. The highest BCUT2D eigenvalue weighted by Gasteiger charge is 2.22. The maximum absolute atomic E-state index is 12.9. The van der Waals surface area contributed by atoms with E-state index in [1.54, 1.807) is 0 Å². The maximum atomic E-state index is 12.9. The van der Waals surface area contributed by atoms with Gasteiger partial charge in [0.1, 0.15) is 0 Å². The van der Waals surface area contributed by atoms with Crippen molar-refractivity contribution in [2.24, 2.45) is 0 Å². The molecule has 0 aliphatic carbocycles. The van der Waals surface area contributed by atoms with Crippen LogP contribution in [-0.4, -0.2) is 18.4 Å². The third-order valence-electron chi connectivity index (χ3n) is 4.60. The minimum Gasteiger partial charge on any atom is -0.346 e. The molecule has 2 N–H and O–H groups in total. The van der Waals surface area contributed by atoms with Gasteiger partial charge in [0.05, 0.1) is 12.5 Å². The molecule has 28 heavy (non-hydrogen) atoms. The lowest BCUT2D eigenvalue weighted by Gasteiger charge is -2.18. The lowest BCUT2D eigenvalue weighted by Crippen LogP contribution is -2.36. The van der Waals surface area contributed by atoms with Gasteiger partial charge in [-0.25, -0.2) is 0 Å².